The molecule has 0 bridgehead atoms. The molecule has 0 atom stereocenters. The van der Waals surface area contributed by atoms with Crippen molar-refractivity contribution in [3.8, 4) is 0 Å². The van der Waals surface area contributed by atoms with Gasteiger partial charge in [0.2, 0.25) is 0 Å². The first-order valence-corrected chi connectivity index (χ1v) is 40.2. The molecule has 6 aromatic rings. The Kier molecular flexibility index (Phi) is 50.4. The molecule has 0 aromatic heterocycles. The van der Waals surface area contributed by atoms with E-state index in [0.717, 1.165) is 82.3 Å². The fraction of sp³-hybridized carbons (Fsp3) is 0.604. The van der Waals surface area contributed by atoms with Crippen LogP contribution in [0.15, 0.2) is 132 Å². The molecule has 3 saturated carbocycles. The standard InChI is InChI=1S/C13H20.C10H13Br.C10H12ClF.C10H13F.C10H20.C10H14.C10H20.C9H10Cl2.C9H18/c1-9(2)6-13-11(4)7-10(3)8-12(13)5;1-8(2)7-9-5-3-4-6-10(9)11;1-7(2)6-8-9(11)4-3-5-10(8)12;1-8(2)7-9-5-3-4-6-10(9)11;2*1-9(2)8-10-6-4-3-5-7-10;1-9(2)10-7-5-3-4-6-8-10;1-6(2)8-4-3-7(10)5-9(8)11;1-8(2)9-6-4-3-5-7-9/h7-9H,6H2,1-5H3;3-6,8H,7H2,1-2H3;3-5,7H,6H2,1-2H3;3-6,8H,7H2,1-2H3;9-10H,3-8H2,1-2H3;3-7,9H,8H2,1-2H3;9-10H,3-8H2,1-2H3;3-6H,1-2H3;8-9H,3-7H2,1-2H3. The van der Waals surface area contributed by atoms with Crippen LogP contribution in [-0.4, -0.2) is 0 Å². The summed E-state index contributed by atoms with van der Waals surface area (Å²) in [6.07, 6.45) is 30.5. The molecule has 0 radical (unpaired) electrons. The molecule has 0 aliphatic heterocycles. The third kappa shape index (κ3) is 44.5. The van der Waals surface area contributed by atoms with Gasteiger partial charge in [-0.25, -0.2) is 8.78 Å². The van der Waals surface area contributed by atoms with Crippen molar-refractivity contribution in [1.82, 2.24) is 0 Å². The first-order chi connectivity index (χ1) is 45.8. The number of aryl methyl sites for hydroxylation is 3. The van der Waals surface area contributed by atoms with Crippen molar-refractivity contribution in [2.45, 2.75) is 293 Å². The summed E-state index contributed by atoms with van der Waals surface area (Å²) in [5.74, 6) is 9.33. The summed E-state index contributed by atoms with van der Waals surface area (Å²) < 4.78 is 27.3. The summed E-state index contributed by atoms with van der Waals surface area (Å²) in [5, 5.41) is 1.98. The highest BCUT2D eigenvalue weighted by molar-refractivity contribution is 9.10. The van der Waals surface area contributed by atoms with Crippen molar-refractivity contribution >= 4 is 50.7 Å². The second kappa shape index (κ2) is 53.4. The average Bonchev–Trinajstić information content (AvgIpc) is 1.08. The fourth-order valence-corrected chi connectivity index (χ4v) is 14.5. The molecule has 0 unspecified atom stereocenters. The molecule has 9 rings (SSSR count). The number of hydrogen-bond acceptors (Lipinski definition) is 0. The fourth-order valence-electron chi connectivity index (χ4n) is 13.2. The molecular formula is C91H140BrCl3F2. The first-order valence-electron chi connectivity index (χ1n) is 38.3. The molecule has 0 amide bonds. The molecule has 6 aromatic carbocycles. The van der Waals surface area contributed by atoms with Crippen LogP contribution in [0, 0.1) is 97.5 Å². The summed E-state index contributed by atoms with van der Waals surface area (Å²) in [6, 6.07) is 40.9. The quantitative estimate of drug-likeness (QED) is 0.0899. The van der Waals surface area contributed by atoms with Gasteiger partial charge in [0.15, 0.2) is 0 Å². The van der Waals surface area contributed by atoms with Crippen molar-refractivity contribution in [2.75, 3.05) is 0 Å². The van der Waals surface area contributed by atoms with E-state index in [1.807, 2.05) is 44.2 Å². The molecule has 97 heavy (non-hydrogen) atoms. The molecule has 0 N–H and O–H groups in total. The van der Waals surface area contributed by atoms with Gasteiger partial charge in [-0.3, -0.25) is 0 Å². The van der Waals surface area contributed by atoms with Crippen molar-refractivity contribution < 1.29 is 8.78 Å². The lowest BCUT2D eigenvalue weighted by molar-refractivity contribution is 0.279. The smallest absolute Gasteiger partial charge is 0.127 e. The Bertz CT molecular complexity index is 2800. The molecule has 3 aliphatic rings. The Morgan fingerprint density at radius 3 is 1.22 bits per heavy atom. The summed E-state index contributed by atoms with van der Waals surface area (Å²) in [4.78, 5) is 0. The number of hydrogen-bond donors (Lipinski definition) is 0. The Labute approximate surface area is 621 Å². The molecule has 0 spiro atoms. The van der Waals surface area contributed by atoms with Crippen LogP contribution in [-0.2, 0) is 32.1 Å². The van der Waals surface area contributed by atoms with E-state index >= 15 is 0 Å². The summed E-state index contributed by atoms with van der Waals surface area (Å²) in [7, 11) is 0. The van der Waals surface area contributed by atoms with Gasteiger partial charge in [-0.15, -0.1) is 0 Å². The molecule has 546 valence electrons. The van der Waals surface area contributed by atoms with Gasteiger partial charge in [0.25, 0.3) is 0 Å². The topological polar surface area (TPSA) is 0 Å². The minimum Gasteiger partial charge on any atom is -0.207 e. The lowest BCUT2D eigenvalue weighted by Crippen LogP contribution is -2.12. The van der Waals surface area contributed by atoms with Crippen LogP contribution in [0.2, 0.25) is 15.1 Å². The number of benzene rings is 6. The maximum Gasteiger partial charge on any atom is 0.127 e. The molecule has 0 saturated heterocycles. The molecule has 3 aliphatic carbocycles. The zero-order chi connectivity index (χ0) is 73.0. The van der Waals surface area contributed by atoms with Gasteiger partial charge in [0.1, 0.15) is 11.6 Å². The Balaban J connectivity index is 0.000000546. The van der Waals surface area contributed by atoms with Crippen LogP contribution >= 0.6 is 50.7 Å². The summed E-state index contributed by atoms with van der Waals surface area (Å²) in [5.41, 5.74) is 11.3. The van der Waals surface area contributed by atoms with Gasteiger partial charge < -0.3 is 0 Å². The summed E-state index contributed by atoms with van der Waals surface area (Å²) in [6.45, 7) is 46.7. The zero-order valence-electron chi connectivity index (χ0n) is 65.4. The highest BCUT2D eigenvalue weighted by atomic mass is 79.9. The Morgan fingerprint density at radius 2 is 0.794 bits per heavy atom. The SMILES string of the molecule is CC(C)C1CCCCC1.CC(C)C1CCCCCC1.CC(C)CC1CCCCC1.CC(C)Cc1c(F)cccc1Cl.CC(C)Cc1ccccc1.CC(C)Cc1ccccc1Br.CC(C)Cc1ccccc1F.CC(C)c1ccc(Cl)cc1Cl.Cc1cc(C)c(CC(C)C)c(C)c1. The van der Waals surface area contributed by atoms with Crippen LogP contribution in [0.5, 0.6) is 0 Å². The van der Waals surface area contributed by atoms with E-state index in [-0.39, 0.29) is 11.6 Å². The van der Waals surface area contributed by atoms with Crippen LogP contribution < -0.4 is 0 Å². The first kappa shape index (κ1) is 91.5. The van der Waals surface area contributed by atoms with E-state index in [2.05, 4.69) is 208 Å². The Hall–Kier alpha value is -3.47. The predicted molar refractivity (Wildman–Crippen MR) is 436 cm³/mol. The van der Waals surface area contributed by atoms with Gasteiger partial charge in [-0.1, -0.05) is 375 Å². The largest absolute Gasteiger partial charge is 0.207 e. The molecule has 3 fully saturated rings. The van der Waals surface area contributed by atoms with Gasteiger partial charge in [-0.2, -0.15) is 0 Å². The monoisotopic (exact) mass is 1450 g/mol. The minimum absolute atomic E-state index is 0.0822. The number of halogens is 6. The second-order valence-corrected chi connectivity index (χ2v) is 33.9. The van der Waals surface area contributed by atoms with Gasteiger partial charge >= 0.3 is 0 Å². The van der Waals surface area contributed by atoms with Gasteiger partial charge in [-0.05, 0) is 206 Å². The van der Waals surface area contributed by atoms with E-state index in [4.69, 9.17) is 34.8 Å². The molecular weight excluding hydrogens is 1320 g/mol. The van der Waals surface area contributed by atoms with Crippen molar-refractivity contribution in [3.63, 3.8) is 0 Å². The molecule has 6 heteroatoms. The number of rotatable bonds is 15. The van der Waals surface area contributed by atoms with E-state index < -0.39 is 0 Å². The van der Waals surface area contributed by atoms with Crippen molar-refractivity contribution in [1.29, 1.82) is 0 Å². The van der Waals surface area contributed by atoms with E-state index in [0.29, 0.717) is 39.8 Å². The minimum atomic E-state index is -0.198. The molecule has 0 heterocycles. The Morgan fingerprint density at radius 1 is 0.381 bits per heavy atom. The normalized spacial score (nSPS) is 14.2. The van der Waals surface area contributed by atoms with E-state index in [9.17, 15) is 8.78 Å². The highest BCUT2D eigenvalue weighted by Crippen LogP contribution is 2.32. The maximum absolute atomic E-state index is 13.1. The van der Waals surface area contributed by atoms with Gasteiger partial charge in [0, 0.05) is 25.1 Å². The van der Waals surface area contributed by atoms with Crippen LogP contribution in [0.3, 0.4) is 0 Å². The van der Waals surface area contributed by atoms with Gasteiger partial charge in [0.05, 0.1) is 0 Å². The lowest BCUT2D eigenvalue weighted by atomic mass is 9.82. The zero-order valence-corrected chi connectivity index (χ0v) is 69.2. The predicted octanol–water partition coefficient (Wildman–Crippen LogP) is 31.6. The lowest BCUT2D eigenvalue weighted by Gasteiger charge is -2.24. The van der Waals surface area contributed by atoms with E-state index in [1.54, 1.807) is 29.8 Å². The third-order valence-electron chi connectivity index (χ3n) is 18.3. The van der Waals surface area contributed by atoms with Crippen LogP contribution in [0.1, 0.15) is 290 Å². The highest BCUT2D eigenvalue weighted by Gasteiger charge is 2.18. The molecule has 0 nitrogen and oxygen atoms in total. The van der Waals surface area contributed by atoms with Crippen LogP contribution in [0.4, 0.5) is 8.78 Å². The summed E-state index contributed by atoms with van der Waals surface area (Å²) >= 11 is 21.0. The average molecular weight is 1460 g/mol. The van der Waals surface area contributed by atoms with Crippen molar-refractivity contribution in [3.05, 3.63) is 209 Å². The van der Waals surface area contributed by atoms with Crippen LogP contribution in [0.25, 0.3) is 0 Å². The third-order valence-corrected chi connectivity index (χ3v) is 20.0. The van der Waals surface area contributed by atoms with Crippen molar-refractivity contribution in [2.24, 2.45) is 65.1 Å². The maximum atomic E-state index is 13.1. The second-order valence-electron chi connectivity index (χ2n) is 31.8. The van der Waals surface area contributed by atoms with E-state index in [1.165, 1.54) is 166 Å².